The number of nitrogens with zero attached hydrogens (tertiary/aromatic N) is 3. The summed E-state index contributed by atoms with van der Waals surface area (Å²) in [6.45, 7) is 8.26. The second kappa shape index (κ2) is 5.25. The highest BCUT2D eigenvalue weighted by Gasteiger charge is 2.22. The zero-order valence-electron chi connectivity index (χ0n) is 12.0. The molecule has 2 aromatic rings. The van der Waals surface area contributed by atoms with Crippen LogP contribution in [0.5, 0.6) is 0 Å². The number of carbonyl (C=O) groups excluding carboxylic acids is 1. The third-order valence-electron chi connectivity index (χ3n) is 3.31. The maximum Gasteiger partial charge on any atom is 0.268 e. The van der Waals surface area contributed by atoms with Crippen LogP contribution in [-0.4, -0.2) is 20.7 Å². The van der Waals surface area contributed by atoms with Gasteiger partial charge in [0.25, 0.3) is 5.91 Å². The van der Waals surface area contributed by atoms with Crippen LogP contribution in [0, 0.1) is 20.8 Å². The van der Waals surface area contributed by atoms with Crippen LogP contribution in [0.25, 0.3) is 11.4 Å². The first-order chi connectivity index (χ1) is 9.36. The number of hydrogen-bond donors (Lipinski definition) is 1. The van der Waals surface area contributed by atoms with E-state index in [1.807, 2.05) is 33.8 Å². The number of pyridine rings is 1. The lowest BCUT2D eigenvalue weighted by molar-refractivity contribution is 0.0990. The minimum atomic E-state index is -0.586. The molecule has 0 fully saturated rings. The van der Waals surface area contributed by atoms with Gasteiger partial charge >= 0.3 is 0 Å². The smallest absolute Gasteiger partial charge is 0.268 e. The molecular formula is C14H17ClN4O. The van der Waals surface area contributed by atoms with Crippen molar-refractivity contribution in [3.8, 4) is 11.4 Å². The molecule has 2 N–H and O–H groups in total. The van der Waals surface area contributed by atoms with Gasteiger partial charge in [0.05, 0.1) is 5.69 Å². The van der Waals surface area contributed by atoms with E-state index in [2.05, 4.69) is 10.1 Å². The first kappa shape index (κ1) is 14.5. The molecule has 0 aromatic carbocycles. The highest BCUT2D eigenvalue weighted by atomic mass is 35.5. The lowest BCUT2D eigenvalue weighted by Crippen LogP contribution is -2.17. The molecular weight excluding hydrogens is 276 g/mol. The molecule has 2 rings (SSSR count). The molecule has 0 saturated heterocycles. The van der Waals surface area contributed by atoms with Gasteiger partial charge in [-0.2, -0.15) is 5.10 Å². The zero-order valence-corrected chi connectivity index (χ0v) is 12.7. The summed E-state index contributed by atoms with van der Waals surface area (Å²) in [4.78, 5) is 16.0. The van der Waals surface area contributed by atoms with Crippen molar-refractivity contribution in [3.63, 3.8) is 0 Å². The average molecular weight is 293 g/mol. The second-order valence-electron chi connectivity index (χ2n) is 4.75. The number of aryl methyl sites for hydroxylation is 4. The van der Waals surface area contributed by atoms with Crippen molar-refractivity contribution in [2.75, 3.05) is 0 Å². The molecule has 0 unspecified atom stereocenters. The maximum atomic E-state index is 11.5. The van der Waals surface area contributed by atoms with E-state index < -0.39 is 5.91 Å². The van der Waals surface area contributed by atoms with Crippen LogP contribution in [-0.2, 0) is 6.54 Å². The van der Waals surface area contributed by atoms with Gasteiger partial charge in [0.15, 0.2) is 0 Å². The molecule has 106 valence electrons. The number of nitrogens with two attached hydrogens (primary N) is 1. The molecule has 0 saturated carbocycles. The Bertz CT molecular complexity index is 691. The highest BCUT2D eigenvalue weighted by Crippen LogP contribution is 2.31. The van der Waals surface area contributed by atoms with E-state index in [-0.39, 0.29) is 10.7 Å². The van der Waals surface area contributed by atoms with Crippen molar-refractivity contribution in [2.45, 2.75) is 34.2 Å². The van der Waals surface area contributed by atoms with Crippen LogP contribution in [0.2, 0.25) is 5.02 Å². The van der Waals surface area contributed by atoms with Crippen LogP contribution >= 0.6 is 11.6 Å². The van der Waals surface area contributed by atoms with E-state index in [4.69, 9.17) is 17.3 Å². The Hall–Kier alpha value is -1.88. The third-order valence-corrected chi connectivity index (χ3v) is 3.67. The van der Waals surface area contributed by atoms with Gasteiger partial charge in [-0.25, -0.2) is 0 Å². The number of rotatable bonds is 3. The topological polar surface area (TPSA) is 73.8 Å². The Morgan fingerprint density at radius 3 is 2.45 bits per heavy atom. The van der Waals surface area contributed by atoms with Crippen LogP contribution < -0.4 is 5.73 Å². The van der Waals surface area contributed by atoms with E-state index in [0.29, 0.717) is 17.9 Å². The zero-order chi connectivity index (χ0) is 15.0. The summed E-state index contributed by atoms with van der Waals surface area (Å²) in [5.41, 5.74) is 9.77. The van der Waals surface area contributed by atoms with E-state index >= 15 is 0 Å². The molecule has 0 spiro atoms. The van der Waals surface area contributed by atoms with Crippen molar-refractivity contribution >= 4 is 17.5 Å². The molecule has 1 amide bonds. The van der Waals surface area contributed by atoms with E-state index in [1.165, 1.54) is 4.68 Å². The number of aromatic nitrogens is 3. The van der Waals surface area contributed by atoms with E-state index in [9.17, 15) is 4.79 Å². The molecule has 0 aliphatic carbocycles. The molecule has 2 heterocycles. The fourth-order valence-corrected chi connectivity index (χ4v) is 2.45. The number of halogens is 1. The average Bonchev–Trinajstić information content (AvgIpc) is 2.71. The van der Waals surface area contributed by atoms with Gasteiger partial charge in [-0.1, -0.05) is 17.7 Å². The Morgan fingerprint density at radius 2 is 1.95 bits per heavy atom. The number of primary amides is 1. The summed E-state index contributed by atoms with van der Waals surface area (Å²) in [5, 5.41) is 4.63. The van der Waals surface area contributed by atoms with Crippen molar-refractivity contribution in [2.24, 2.45) is 5.73 Å². The molecule has 0 radical (unpaired) electrons. The summed E-state index contributed by atoms with van der Waals surface area (Å²) in [5.74, 6) is -0.586. The third kappa shape index (κ3) is 2.29. The molecule has 20 heavy (non-hydrogen) atoms. The molecule has 0 bridgehead atoms. The predicted molar refractivity (Wildman–Crippen MR) is 78.9 cm³/mol. The fraction of sp³-hybridized carbons (Fsp3) is 0.357. The molecule has 6 heteroatoms. The molecule has 0 aliphatic heterocycles. The van der Waals surface area contributed by atoms with Crippen LogP contribution in [0.15, 0.2) is 6.07 Å². The summed E-state index contributed by atoms with van der Waals surface area (Å²) in [6.07, 6.45) is 0. The summed E-state index contributed by atoms with van der Waals surface area (Å²) in [6, 6.07) is 2.03. The minimum absolute atomic E-state index is 0.226. The van der Waals surface area contributed by atoms with Gasteiger partial charge in [0, 0.05) is 12.2 Å². The van der Waals surface area contributed by atoms with Crippen LogP contribution in [0.4, 0.5) is 0 Å². The Morgan fingerprint density at radius 1 is 1.30 bits per heavy atom. The minimum Gasteiger partial charge on any atom is -0.364 e. The molecule has 0 atom stereocenters. The maximum absolute atomic E-state index is 11.5. The van der Waals surface area contributed by atoms with Crippen molar-refractivity contribution in [3.05, 3.63) is 33.6 Å². The fourth-order valence-electron chi connectivity index (χ4n) is 2.14. The van der Waals surface area contributed by atoms with Crippen molar-refractivity contribution in [1.29, 1.82) is 0 Å². The van der Waals surface area contributed by atoms with Crippen molar-refractivity contribution < 1.29 is 4.79 Å². The van der Waals surface area contributed by atoms with Gasteiger partial charge in [-0.3, -0.25) is 14.5 Å². The first-order valence-corrected chi connectivity index (χ1v) is 6.75. The lowest BCUT2D eigenvalue weighted by Gasteiger charge is -2.06. The van der Waals surface area contributed by atoms with Gasteiger partial charge in [-0.05, 0) is 38.8 Å². The van der Waals surface area contributed by atoms with Gasteiger partial charge < -0.3 is 5.73 Å². The largest absolute Gasteiger partial charge is 0.364 e. The normalized spacial score (nSPS) is 10.8. The van der Waals surface area contributed by atoms with Gasteiger partial charge in [0.2, 0.25) is 0 Å². The number of carbonyl (C=O) groups is 1. The number of hydrogen-bond acceptors (Lipinski definition) is 3. The summed E-state index contributed by atoms with van der Waals surface area (Å²) in [7, 11) is 0. The highest BCUT2D eigenvalue weighted by molar-refractivity contribution is 6.36. The Kier molecular flexibility index (Phi) is 3.81. The molecule has 2 aromatic heterocycles. The van der Waals surface area contributed by atoms with Gasteiger partial charge in [0.1, 0.15) is 16.4 Å². The first-order valence-electron chi connectivity index (χ1n) is 6.38. The van der Waals surface area contributed by atoms with Gasteiger partial charge in [-0.15, -0.1) is 0 Å². The number of amides is 1. The predicted octanol–water partition coefficient (Wildman–Crippen LogP) is 2.64. The SMILES string of the molecule is CCn1nc(-c2nc(C)c(C)cc2C)c(Cl)c1C(N)=O. The van der Waals surface area contributed by atoms with Crippen LogP contribution in [0.3, 0.4) is 0 Å². The quantitative estimate of drug-likeness (QED) is 0.945. The second-order valence-corrected chi connectivity index (χ2v) is 5.13. The monoisotopic (exact) mass is 292 g/mol. The van der Waals surface area contributed by atoms with Crippen LogP contribution in [0.1, 0.15) is 34.2 Å². The van der Waals surface area contributed by atoms with Crippen molar-refractivity contribution in [1.82, 2.24) is 14.8 Å². The van der Waals surface area contributed by atoms with E-state index in [0.717, 1.165) is 16.8 Å². The lowest BCUT2D eigenvalue weighted by atomic mass is 10.1. The summed E-state index contributed by atoms with van der Waals surface area (Å²) >= 11 is 6.28. The Labute approximate surface area is 122 Å². The molecule has 5 nitrogen and oxygen atoms in total. The standard InChI is InChI=1S/C14H17ClN4O/c1-5-19-13(14(16)20)10(15)12(18-19)11-8(3)6-7(2)9(4)17-11/h6H,5H2,1-4H3,(H2,16,20). The van der Waals surface area contributed by atoms with E-state index in [1.54, 1.807) is 0 Å². The summed E-state index contributed by atoms with van der Waals surface area (Å²) < 4.78 is 1.51. The Balaban J connectivity index is 2.71. The molecule has 0 aliphatic rings.